The van der Waals surface area contributed by atoms with Crippen LogP contribution in [0.15, 0.2) is 57.7 Å². The van der Waals surface area contributed by atoms with E-state index in [1.165, 1.54) is 18.2 Å². The molecule has 0 atom stereocenters. The van der Waals surface area contributed by atoms with E-state index < -0.39 is 5.63 Å². The van der Waals surface area contributed by atoms with Gasteiger partial charge in [0.25, 0.3) is 0 Å². The van der Waals surface area contributed by atoms with Gasteiger partial charge in [-0.1, -0.05) is 30.3 Å². The zero-order chi connectivity index (χ0) is 13.4. The van der Waals surface area contributed by atoms with Crippen molar-refractivity contribution in [3.63, 3.8) is 0 Å². The Morgan fingerprint density at radius 3 is 2.42 bits per heavy atom. The Bertz CT molecular complexity index is 803. The minimum atomic E-state index is -0.609. The van der Waals surface area contributed by atoms with Crippen LogP contribution in [0, 0.1) is 0 Å². The molecular weight excluding hydrogens is 244 g/mol. The summed E-state index contributed by atoms with van der Waals surface area (Å²) in [7, 11) is 0. The molecule has 4 heteroatoms. The quantitative estimate of drug-likeness (QED) is 0.655. The third-order valence-electron chi connectivity index (χ3n) is 2.92. The monoisotopic (exact) mass is 254 g/mol. The van der Waals surface area contributed by atoms with Crippen molar-refractivity contribution in [3.05, 3.63) is 59.0 Å². The van der Waals surface area contributed by atoms with E-state index in [4.69, 9.17) is 4.42 Å². The third kappa shape index (κ3) is 1.83. The molecule has 0 spiro atoms. The van der Waals surface area contributed by atoms with Crippen LogP contribution < -0.4 is 5.63 Å². The summed E-state index contributed by atoms with van der Waals surface area (Å²) in [6, 6.07) is 13.0. The molecule has 1 heterocycles. The highest BCUT2D eigenvalue weighted by molar-refractivity contribution is 5.90. The van der Waals surface area contributed by atoms with Gasteiger partial charge in [-0.25, -0.2) is 4.79 Å². The molecule has 2 N–H and O–H groups in total. The summed E-state index contributed by atoms with van der Waals surface area (Å²) in [6.45, 7) is 0. The summed E-state index contributed by atoms with van der Waals surface area (Å²) in [5.41, 5.74) is 0.291. The summed E-state index contributed by atoms with van der Waals surface area (Å²) in [5.74, 6) is -0.191. The van der Waals surface area contributed by atoms with Crippen molar-refractivity contribution in [1.82, 2.24) is 0 Å². The van der Waals surface area contributed by atoms with Gasteiger partial charge in [-0.15, -0.1) is 0 Å². The minimum absolute atomic E-state index is 0.00402. The molecule has 0 saturated heterocycles. The average molecular weight is 254 g/mol. The van der Waals surface area contributed by atoms with Crippen LogP contribution in [0.4, 0.5) is 0 Å². The van der Waals surface area contributed by atoms with Crippen LogP contribution in [0.2, 0.25) is 0 Å². The zero-order valence-corrected chi connectivity index (χ0v) is 9.83. The molecule has 4 nitrogen and oxygen atoms in total. The van der Waals surface area contributed by atoms with Crippen LogP contribution in [0.25, 0.3) is 22.1 Å². The van der Waals surface area contributed by atoms with Crippen molar-refractivity contribution in [2.75, 3.05) is 0 Å². The van der Waals surface area contributed by atoms with Gasteiger partial charge in [0.2, 0.25) is 0 Å². The van der Waals surface area contributed by atoms with Crippen LogP contribution in [0.3, 0.4) is 0 Å². The highest BCUT2D eigenvalue weighted by atomic mass is 16.4. The van der Waals surface area contributed by atoms with E-state index in [9.17, 15) is 15.0 Å². The maximum atomic E-state index is 12.0. The highest BCUT2D eigenvalue weighted by Crippen LogP contribution is 2.34. The molecule has 3 rings (SSSR count). The number of fused-ring (bicyclic) bond motifs is 1. The smallest absolute Gasteiger partial charge is 0.347 e. The molecule has 0 aliphatic heterocycles. The SMILES string of the molecule is O=c1oc2ccc(O)cc2c(O)c1-c1ccccc1. The Hall–Kier alpha value is -2.75. The van der Waals surface area contributed by atoms with Crippen molar-refractivity contribution >= 4 is 11.0 Å². The van der Waals surface area contributed by atoms with Gasteiger partial charge >= 0.3 is 5.63 Å². The summed E-state index contributed by atoms with van der Waals surface area (Å²) < 4.78 is 5.16. The van der Waals surface area contributed by atoms with Gasteiger partial charge in [0.1, 0.15) is 22.6 Å². The number of aromatic hydroxyl groups is 2. The second kappa shape index (κ2) is 4.17. The van der Waals surface area contributed by atoms with E-state index in [1.54, 1.807) is 24.3 Å². The van der Waals surface area contributed by atoms with Gasteiger partial charge in [-0.05, 0) is 23.8 Å². The van der Waals surface area contributed by atoms with Crippen LogP contribution in [-0.4, -0.2) is 10.2 Å². The maximum Gasteiger partial charge on any atom is 0.347 e. The van der Waals surface area contributed by atoms with Crippen LogP contribution in [0.1, 0.15) is 0 Å². The first kappa shape index (κ1) is 11.3. The summed E-state index contributed by atoms with van der Waals surface area (Å²) >= 11 is 0. The largest absolute Gasteiger partial charge is 0.508 e. The number of benzene rings is 2. The van der Waals surface area contributed by atoms with E-state index >= 15 is 0 Å². The number of phenolic OH excluding ortho intramolecular Hbond substituents is 1. The van der Waals surface area contributed by atoms with Crippen molar-refractivity contribution in [2.24, 2.45) is 0 Å². The van der Waals surface area contributed by atoms with E-state index in [0.29, 0.717) is 10.9 Å². The first-order valence-corrected chi connectivity index (χ1v) is 5.71. The molecular formula is C15H10O4. The lowest BCUT2D eigenvalue weighted by molar-refractivity contribution is 0.464. The number of hydrogen-bond donors (Lipinski definition) is 2. The molecule has 19 heavy (non-hydrogen) atoms. The first-order chi connectivity index (χ1) is 9.16. The fourth-order valence-corrected chi connectivity index (χ4v) is 2.03. The maximum absolute atomic E-state index is 12.0. The number of phenols is 1. The van der Waals surface area contributed by atoms with E-state index in [1.807, 2.05) is 6.07 Å². The van der Waals surface area contributed by atoms with Gasteiger partial charge < -0.3 is 14.6 Å². The third-order valence-corrected chi connectivity index (χ3v) is 2.92. The molecule has 0 saturated carbocycles. The summed E-state index contributed by atoms with van der Waals surface area (Å²) in [4.78, 5) is 12.0. The molecule has 0 radical (unpaired) electrons. The number of rotatable bonds is 1. The molecule has 0 amide bonds. The topological polar surface area (TPSA) is 70.7 Å². The Kier molecular flexibility index (Phi) is 2.49. The first-order valence-electron chi connectivity index (χ1n) is 5.71. The zero-order valence-electron chi connectivity index (χ0n) is 9.83. The second-order valence-electron chi connectivity index (χ2n) is 4.16. The summed E-state index contributed by atoms with van der Waals surface area (Å²) in [5, 5.41) is 20.0. The minimum Gasteiger partial charge on any atom is -0.508 e. The predicted octanol–water partition coefficient (Wildman–Crippen LogP) is 2.87. The van der Waals surface area contributed by atoms with Gasteiger partial charge in [0, 0.05) is 0 Å². The van der Waals surface area contributed by atoms with Gasteiger partial charge in [-0.2, -0.15) is 0 Å². The lowest BCUT2D eigenvalue weighted by Crippen LogP contribution is -2.03. The average Bonchev–Trinajstić information content (AvgIpc) is 2.41. The lowest BCUT2D eigenvalue weighted by atomic mass is 10.0. The van der Waals surface area contributed by atoms with Crippen LogP contribution in [-0.2, 0) is 0 Å². The molecule has 0 fully saturated rings. The van der Waals surface area contributed by atoms with Crippen molar-refractivity contribution in [3.8, 4) is 22.6 Å². The number of hydrogen-bond acceptors (Lipinski definition) is 4. The fraction of sp³-hybridized carbons (Fsp3) is 0. The molecule has 0 unspecified atom stereocenters. The lowest BCUT2D eigenvalue weighted by Gasteiger charge is -2.06. The summed E-state index contributed by atoms with van der Waals surface area (Å²) in [6.07, 6.45) is 0. The molecule has 0 bridgehead atoms. The predicted molar refractivity (Wildman–Crippen MR) is 71.2 cm³/mol. The van der Waals surface area contributed by atoms with Crippen molar-refractivity contribution in [1.29, 1.82) is 0 Å². The standard InChI is InChI=1S/C15H10O4/c16-10-6-7-12-11(8-10)14(17)13(15(18)19-12)9-4-2-1-3-5-9/h1-8,16-17H. The Morgan fingerprint density at radius 1 is 0.947 bits per heavy atom. The second-order valence-corrected chi connectivity index (χ2v) is 4.16. The normalized spacial score (nSPS) is 10.7. The molecule has 3 aromatic rings. The molecule has 0 aliphatic carbocycles. The molecule has 94 valence electrons. The fourth-order valence-electron chi connectivity index (χ4n) is 2.03. The molecule has 1 aromatic heterocycles. The highest BCUT2D eigenvalue weighted by Gasteiger charge is 2.15. The van der Waals surface area contributed by atoms with Gasteiger partial charge in [-0.3, -0.25) is 0 Å². The Morgan fingerprint density at radius 2 is 1.68 bits per heavy atom. The van der Waals surface area contributed by atoms with Crippen molar-refractivity contribution < 1.29 is 14.6 Å². The van der Waals surface area contributed by atoms with Crippen molar-refractivity contribution in [2.45, 2.75) is 0 Å². The van der Waals surface area contributed by atoms with Gasteiger partial charge in [0.05, 0.1) is 5.39 Å². The van der Waals surface area contributed by atoms with Gasteiger partial charge in [0.15, 0.2) is 0 Å². The van der Waals surface area contributed by atoms with E-state index in [0.717, 1.165) is 0 Å². The van der Waals surface area contributed by atoms with Crippen LogP contribution >= 0.6 is 0 Å². The Balaban J connectivity index is 2.40. The molecule has 2 aromatic carbocycles. The van der Waals surface area contributed by atoms with E-state index in [2.05, 4.69) is 0 Å². The van der Waals surface area contributed by atoms with E-state index in [-0.39, 0.29) is 22.6 Å². The van der Waals surface area contributed by atoms with Crippen LogP contribution in [0.5, 0.6) is 11.5 Å². The Labute approximate surface area is 108 Å². The molecule has 0 aliphatic rings.